The van der Waals surface area contributed by atoms with Crippen LogP contribution in [0.4, 0.5) is 5.82 Å². The van der Waals surface area contributed by atoms with Gasteiger partial charge in [0.25, 0.3) is 0 Å². The summed E-state index contributed by atoms with van der Waals surface area (Å²) in [5, 5.41) is 23.0. The van der Waals surface area contributed by atoms with Crippen molar-refractivity contribution in [1.29, 1.82) is 0 Å². The number of aryl methyl sites for hydroxylation is 1. The summed E-state index contributed by atoms with van der Waals surface area (Å²) >= 11 is 0. The SMILES string of the molecule is Nc1ncnc2c1ncn2[C@@H]1O[C@H](CO)C(O)C1NC(=O)C(N)CCc1ccccc1. The van der Waals surface area contributed by atoms with Crippen LogP contribution in [0.25, 0.3) is 11.2 Å². The van der Waals surface area contributed by atoms with Crippen LogP contribution in [0.5, 0.6) is 0 Å². The number of anilines is 1. The van der Waals surface area contributed by atoms with E-state index in [0.717, 1.165) is 5.56 Å². The molecule has 1 amide bonds. The highest BCUT2D eigenvalue weighted by atomic mass is 16.5. The third-order valence-corrected chi connectivity index (χ3v) is 5.44. The summed E-state index contributed by atoms with van der Waals surface area (Å²) in [6, 6.07) is 8.07. The number of carbonyl (C=O) groups is 1. The van der Waals surface area contributed by atoms with Crippen LogP contribution in [0.2, 0.25) is 0 Å². The average molecular weight is 427 g/mol. The zero-order valence-corrected chi connectivity index (χ0v) is 16.7. The van der Waals surface area contributed by atoms with Crippen molar-refractivity contribution in [2.75, 3.05) is 12.3 Å². The van der Waals surface area contributed by atoms with Crippen LogP contribution in [0.15, 0.2) is 43.0 Å². The van der Waals surface area contributed by atoms with Gasteiger partial charge >= 0.3 is 0 Å². The van der Waals surface area contributed by atoms with Crippen molar-refractivity contribution in [1.82, 2.24) is 24.8 Å². The molecule has 1 fully saturated rings. The average Bonchev–Trinajstić information content (AvgIpc) is 3.35. The number of nitrogens with one attached hydrogen (secondary N) is 1. The number of amides is 1. The number of aromatic nitrogens is 4. The standard InChI is InChI=1S/C20H25N7O4/c21-12(7-6-11-4-2-1-3-5-11)19(30)26-14-16(29)13(8-28)31-20(14)27-10-25-15-17(22)23-9-24-18(15)27/h1-5,9-10,12-14,16,20,28-29H,6-8,21H2,(H,26,30)(H2,22,23,24)/t12?,13-,14?,16?,20-/m1/s1. The molecule has 7 N–H and O–H groups in total. The molecular weight excluding hydrogens is 402 g/mol. The minimum Gasteiger partial charge on any atom is -0.394 e. The van der Waals surface area contributed by atoms with Crippen LogP contribution >= 0.6 is 0 Å². The molecule has 0 bridgehead atoms. The number of hydrogen-bond donors (Lipinski definition) is 5. The molecule has 3 heterocycles. The summed E-state index contributed by atoms with van der Waals surface area (Å²) in [4.78, 5) is 25.0. The maximum Gasteiger partial charge on any atom is 0.237 e. The highest BCUT2D eigenvalue weighted by Gasteiger charge is 2.46. The molecule has 1 saturated heterocycles. The number of aliphatic hydroxyl groups is 2. The molecule has 1 aromatic carbocycles. The number of imidazole rings is 1. The van der Waals surface area contributed by atoms with Gasteiger partial charge in [-0.3, -0.25) is 9.36 Å². The van der Waals surface area contributed by atoms with Gasteiger partial charge in [-0.05, 0) is 18.4 Å². The molecule has 0 aliphatic carbocycles. The maximum atomic E-state index is 12.8. The maximum absolute atomic E-state index is 12.8. The van der Waals surface area contributed by atoms with Crippen LogP contribution in [-0.4, -0.2) is 66.5 Å². The Labute approximate surface area is 178 Å². The topological polar surface area (TPSA) is 174 Å². The molecule has 5 atom stereocenters. The van der Waals surface area contributed by atoms with E-state index < -0.39 is 43.0 Å². The Kier molecular flexibility index (Phi) is 6.09. The highest BCUT2D eigenvalue weighted by Crippen LogP contribution is 2.32. The van der Waals surface area contributed by atoms with E-state index in [1.807, 2.05) is 30.3 Å². The lowest BCUT2D eigenvalue weighted by atomic mass is 10.0. The number of nitrogens with zero attached hydrogens (tertiary/aromatic N) is 4. The number of benzene rings is 1. The number of nitrogens with two attached hydrogens (primary N) is 2. The van der Waals surface area contributed by atoms with Crippen LogP contribution in [0.1, 0.15) is 18.2 Å². The Morgan fingerprint density at radius 3 is 2.77 bits per heavy atom. The van der Waals surface area contributed by atoms with Gasteiger partial charge in [0.05, 0.1) is 19.0 Å². The lowest BCUT2D eigenvalue weighted by molar-refractivity contribution is -0.124. The van der Waals surface area contributed by atoms with Gasteiger partial charge < -0.3 is 31.7 Å². The number of ether oxygens (including phenoxy) is 1. The van der Waals surface area contributed by atoms with E-state index in [2.05, 4.69) is 20.3 Å². The number of aliphatic hydroxyl groups excluding tert-OH is 2. The molecule has 3 unspecified atom stereocenters. The van der Waals surface area contributed by atoms with Crippen LogP contribution in [0, 0.1) is 0 Å². The zero-order chi connectivity index (χ0) is 22.0. The predicted molar refractivity (Wildman–Crippen MR) is 111 cm³/mol. The number of fused-ring (bicyclic) bond motifs is 1. The molecule has 2 aromatic heterocycles. The number of hydrogen-bond acceptors (Lipinski definition) is 9. The van der Waals surface area contributed by atoms with E-state index in [1.54, 1.807) is 4.57 Å². The van der Waals surface area contributed by atoms with Gasteiger partial charge in [-0.2, -0.15) is 0 Å². The smallest absolute Gasteiger partial charge is 0.237 e. The van der Waals surface area contributed by atoms with Gasteiger partial charge in [0.15, 0.2) is 17.7 Å². The molecule has 4 rings (SSSR count). The highest BCUT2D eigenvalue weighted by molar-refractivity contribution is 5.82. The summed E-state index contributed by atoms with van der Waals surface area (Å²) in [7, 11) is 0. The lowest BCUT2D eigenvalue weighted by Gasteiger charge is -2.24. The van der Waals surface area contributed by atoms with Crippen molar-refractivity contribution < 1.29 is 19.7 Å². The van der Waals surface area contributed by atoms with Gasteiger partial charge in [-0.15, -0.1) is 0 Å². The summed E-state index contributed by atoms with van der Waals surface area (Å²) in [5.74, 6) is -0.227. The molecule has 3 aromatic rings. The Hall–Kier alpha value is -3.12. The summed E-state index contributed by atoms with van der Waals surface area (Å²) in [6.07, 6.45) is 0.899. The molecule has 164 valence electrons. The fourth-order valence-electron chi connectivity index (χ4n) is 3.72. The van der Waals surface area contributed by atoms with Crippen LogP contribution in [0.3, 0.4) is 0 Å². The molecule has 31 heavy (non-hydrogen) atoms. The Balaban J connectivity index is 1.51. The third kappa shape index (κ3) is 4.21. The van der Waals surface area contributed by atoms with Gasteiger partial charge in [0.1, 0.15) is 30.1 Å². The van der Waals surface area contributed by atoms with E-state index in [0.29, 0.717) is 24.0 Å². The van der Waals surface area contributed by atoms with Crippen molar-refractivity contribution in [3.63, 3.8) is 0 Å². The van der Waals surface area contributed by atoms with E-state index in [-0.39, 0.29) is 5.82 Å². The first-order valence-electron chi connectivity index (χ1n) is 9.97. The van der Waals surface area contributed by atoms with Gasteiger partial charge in [-0.25, -0.2) is 15.0 Å². The van der Waals surface area contributed by atoms with E-state index in [1.165, 1.54) is 12.7 Å². The van der Waals surface area contributed by atoms with Crippen molar-refractivity contribution in [2.24, 2.45) is 5.73 Å². The fraction of sp³-hybridized carbons (Fsp3) is 0.400. The zero-order valence-electron chi connectivity index (χ0n) is 16.7. The van der Waals surface area contributed by atoms with Crippen molar-refractivity contribution in [2.45, 2.75) is 43.4 Å². The molecule has 0 saturated carbocycles. The normalized spacial score (nSPS) is 24.4. The second-order valence-electron chi connectivity index (χ2n) is 7.49. The largest absolute Gasteiger partial charge is 0.394 e. The van der Waals surface area contributed by atoms with Crippen LogP contribution < -0.4 is 16.8 Å². The van der Waals surface area contributed by atoms with Gasteiger partial charge in [-0.1, -0.05) is 30.3 Å². The number of nitrogen functional groups attached to an aromatic ring is 1. The molecule has 0 spiro atoms. The van der Waals surface area contributed by atoms with Crippen molar-refractivity contribution in [3.05, 3.63) is 48.5 Å². The van der Waals surface area contributed by atoms with E-state index in [4.69, 9.17) is 16.2 Å². The first-order valence-corrected chi connectivity index (χ1v) is 9.97. The Bertz CT molecular complexity index is 1040. The van der Waals surface area contributed by atoms with Crippen molar-refractivity contribution in [3.8, 4) is 0 Å². The molecule has 1 aliphatic heterocycles. The van der Waals surface area contributed by atoms with E-state index in [9.17, 15) is 15.0 Å². The van der Waals surface area contributed by atoms with Crippen LogP contribution in [-0.2, 0) is 16.0 Å². The summed E-state index contributed by atoms with van der Waals surface area (Å²) < 4.78 is 7.35. The quantitative estimate of drug-likeness (QED) is 0.320. The molecule has 11 nitrogen and oxygen atoms in total. The second kappa shape index (κ2) is 8.94. The summed E-state index contributed by atoms with van der Waals surface area (Å²) in [6.45, 7) is -0.423. The minimum atomic E-state index is -1.16. The third-order valence-electron chi connectivity index (χ3n) is 5.44. The monoisotopic (exact) mass is 427 g/mol. The second-order valence-corrected chi connectivity index (χ2v) is 7.49. The van der Waals surface area contributed by atoms with Gasteiger partial charge in [0.2, 0.25) is 5.91 Å². The first-order chi connectivity index (χ1) is 15.0. The number of rotatable bonds is 7. The molecule has 1 aliphatic rings. The fourth-order valence-corrected chi connectivity index (χ4v) is 3.72. The number of carbonyl (C=O) groups excluding carboxylic acids is 1. The minimum absolute atomic E-state index is 0.199. The lowest BCUT2D eigenvalue weighted by Crippen LogP contribution is -2.52. The molecular formula is C20H25N7O4. The Morgan fingerprint density at radius 1 is 1.26 bits per heavy atom. The van der Waals surface area contributed by atoms with E-state index >= 15 is 0 Å². The first kappa shape index (κ1) is 21.1. The van der Waals surface area contributed by atoms with Crippen molar-refractivity contribution >= 4 is 22.9 Å². The molecule has 0 radical (unpaired) electrons. The Morgan fingerprint density at radius 2 is 2.03 bits per heavy atom. The predicted octanol–water partition coefficient (Wildman–Crippen LogP) is -0.896. The van der Waals surface area contributed by atoms with Gasteiger partial charge in [0, 0.05) is 0 Å². The molecule has 11 heteroatoms. The summed E-state index contributed by atoms with van der Waals surface area (Å²) in [5.41, 5.74) is 13.8.